The Morgan fingerprint density at radius 3 is 2.61 bits per heavy atom. The molecule has 0 N–H and O–H groups in total. The van der Waals surface area contributed by atoms with Crippen molar-refractivity contribution < 1.29 is 19.1 Å². The largest absolute Gasteiger partial charge is 0.458 e. The SMILES string of the molecule is CCCC(C)(C(=O)OC1CCC2C(CC)C(=O)OC12)C(C)CC. The number of carbonyl (C=O) groups excluding carboxylic acids is 2. The fourth-order valence-corrected chi connectivity index (χ4v) is 4.34. The molecule has 132 valence electrons. The van der Waals surface area contributed by atoms with Crippen LogP contribution in [-0.2, 0) is 19.1 Å². The molecule has 1 aliphatic carbocycles. The van der Waals surface area contributed by atoms with Crippen LogP contribution < -0.4 is 0 Å². The monoisotopic (exact) mass is 324 g/mol. The Kier molecular flexibility index (Phi) is 5.74. The van der Waals surface area contributed by atoms with Gasteiger partial charge in [-0.15, -0.1) is 0 Å². The standard InChI is InChI=1S/C19H32O4/c1-6-11-19(5,12(4)7-2)18(21)22-15-10-9-14-13(8-3)17(20)23-16(14)15/h12-16H,6-11H2,1-5H3. The van der Waals surface area contributed by atoms with E-state index in [0.717, 1.165) is 38.5 Å². The second-order valence-corrected chi connectivity index (χ2v) is 7.58. The van der Waals surface area contributed by atoms with Gasteiger partial charge in [-0.2, -0.15) is 0 Å². The van der Waals surface area contributed by atoms with Crippen molar-refractivity contribution in [2.24, 2.45) is 23.2 Å². The zero-order valence-electron chi connectivity index (χ0n) is 15.3. The molecule has 0 amide bonds. The molecule has 1 aliphatic heterocycles. The van der Waals surface area contributed by atoms with Gasteiger partial charge in [-0.25, -0.2) is 0 Å². The summed E-state index contributed by atoms with van der Waals surface area (Å²) < 4.78 is 11.4. The summed E-state index contributed by atoms with van der Waals surface area (Å²) in [5.41, 5.74) is -0.450. The van der Waals surface area contributed by atoms with Crippen LogP contribution in [0.3, 0.4) is 0 Å². The Balaban J connectivity index is 2.07. The van der Waals surface area contributed by atoms with Crippen molar-refractivity contribution in [3.05, 3.63) is 0 Å². The summed E-state index contributed by atoms with van der Waals surface area (Å²) in [7, 11) is 0. The highest BCUT2D eigenvalue weighted by Gasteiger charge is 2.53. The van der Waals surface area contributed by atoms with Gasteiger partial charge < -0.3 is 9.47 Å². The first-order chi connectivity index (χ1) is 10.9. The quantitative estimate of drug-likeness (QED) is 0.661. The van der Waals surface area contributed by atoms with Gasteiger partial charge in [0, 0.05) is 5.92 Å². The molecule has 0 aromatic rings. The molecule has 0 bridgehead atoms. The maximum absolute atomic E-state index is 12.9. The number of hydrogen-bond donors (Lipinski definition) is 0. The van der Waals surface area contributed by atoms with E-state index < -0.39 is 5.41 Å². The Morgan fingerprint density at radius 1 is 1.35 bits per heavy atom. The van der Waals surface area contributed by atoms with Crippen molar-refractivity contribution in [3.8, 4) is 0 Å². The first kappa shape index (κ1) is 18.3. The molecule has 4 heteroatoms. The third-order valence-corrected chi connectivity index (χ3v) is 6.28. The maximum atomic E-state index is 12.9. The normalized spacial score (nSPS) is 33.7. The minimum absolute atomic E-state index is 0.0136. The molecule has 6 unspecified atom stereocenters. The smallest absolute Gasteiger partial charge is 0.312 e. The van der Waals surface area contributed by atoms with Gasteiger partial charge in [0.1, 0.15) is 12.2 Å². The van der Waals surface area contributed by atoms with E-state index in [2.05, 4.69) is 20.8 Å². The molecule has 1 saturated heterocycles. The second kappa shape index (κ2) is 7.23. The maximum Gasteiger partial charge on any atom is 0.312 e. The van der Waals surface area contributed by atoms with Crippen molar-refractivity contribution in [1.29, 1.82) is 0 Å². The van der Waals surface area contributed by atoms with Crippen LogP contribution in [0.5, 0.6) is 0 Å². The first-order valence-corrected chi connectivity index (χ1v) is 9.30. The van der Waals surface area contributed by atoms with Gasteiger partial charge in [-0.1, -0.05) is 40.5 Å². The van der Waals surface area contributed by atoms with Crippen molar-refractivity contribution in [2.75, 3.05) is 0 Å². The molecule has 6 atom stereocenters. The van der Waals surface area contributed by atoms with Crippen molar-refractivity contribution in [1.82, 2.24) is 0 Å². The Labute approximate surface area is 140 Å². The summed E-state index contributed by atoms with van der Waals surface area (Å²) in [5, 5.41) is 0. The van der Waals surface area contributed by atoms with E-state index in [-0.39, 0.29) is 41.9 Å². The number of hydrogen-bond acceptors (Lipinski definition) is 4. The van der Waals surface area contributed by atoms with Gasteiger partial charge in [0.25, 0.3) is 0 Å². The zero-order valence-corrected chi connectivity index (χ0v) is 15.3. The van der Waals surface area contributed by atoms with Crippen LogP contribution in [0.2, 0.25) is 0 Å². The molecule has 2 aliphatic rings. The number of esters is 2. The van der Waals surface area contributed by atoms with Gasteiger partial charge in [0.2, 0.25) is 0 Å². The van der Waals surface area contributed by atoms with E-state index in [1.54, 1.807) is 0 Å². The fourth-order valence-electron chi connectivity index (χ4n) is 4.34. The molecular formula is C19H32O4. The van der Waals surface area contributed by atoms with E-state index in [1.807, 2.05) is 13.8 Å². The molecule has 0 aromatic carbocycles. The highest BCUT2D eigenvalue weighted by Crippen LogP contribution is 2.44. The fraction of sp³-hybridized carbons (Fsp3) is 0.895. The lowest BCUT2D eigenvalue weighted by molar-refractivity contribution is -0.172. The summed E-state index contributed by atoms with van der Waals surface area (Å²) in [5.74, 6) is 0.269. The summed E-state index contributed by atoms with van der Waals surface area (Å²) in [6.45, 7) is 10.4. The molecule has 0 aromatic heterocycles. The van der Waals surface area contributed by atoms with Crippen LogP contribution in [-0.4, -0.2) is 24.1 Å². The molecule has 0 spiro atoms. The molecular weight excluding hydrogens is 292 g/mol. The zero-order chi connectivity index (χ0) is 17.2. The third kappa shape index (κ3) is 3.27. The first-order valence-electron chi connectivity index (χ1n) is 9.30. The Hall–Kier alpha value is -1.06. The summed E-state index contributed by atoms with van der Waals surface area (Å²) in [6.07, 6.45) is 4.80. The molecule has 2 rings (SSSR count). The van der Waals surface area contributed by atoms with Crippen LogP contribution in [0, 0.1) is 23.2 Å². The van der Waals surface area contributed by atoms with Crippen molar-refractivity contribution >= 4 is 11.9 Å². The Morgan fingerprint density at radius 2 is 2.04 bits per heavy atom. The van der Waals surface area contributed by atoms with Crippen LogP contribution in [0.15, 0.2) is 0 Å². The molecule has 23 heavy (non-hydrogen) atoms. The van der Waals surface area contributed by atoms with E-state index >= 15 is 0 Å². The summed E-state index contributed by atoms with van der Waals surface area (Å²) in [4.78, 5) is 24.8. The minimum atomic E-state index is -0.450. The van der Waals surface area contributed by atoms with E-state index in [0.29, 0.717) is 0 Å². The summed E-state index contributed by atoms with van der Waals surface area (Å²) in [6, 6.07) is 0. The third-order valence-electron chi connectivity index (χ3n) is 6.28. The molecule has 1 saturated carbocycles. The lowest BCUT2D eigenvalue weighted by atomic mass is 9.73. The lowest BCUT2D eigenvalue weighted by Gasteiger charge is -2.34. The molecule has 2 fully saturated rings. The van der Waals surface area contributed by atoms with Crippen LogP contribution in [0.25, 0.3) is 0 Å². The highest BCUT2D eigenvalue weighted by atomic mass is 16.6. The number of rotatable bonds is 7. The number of ether oxygens (including phenoxy) is 2. The minimum Gasteiger partial charge on any atom is -0.458 e. The number of fused-ring (bicyclic) bond motifs is 1. The predicted molar refractivity (Wildman–Crippen MR) is 88.7 cm³/mol. The van der Waals surface area contributed by atoms with Crippen molar-refractivity contribution in [3.63, 3.8) is 0 Å². The lowest BCUT2D eigenvalue weighted by Crippen LogP contribution is -2.40. The van der Waals surface area contributed by atoms with E-state index in [4.69, 9.17) is 9.47 Å². The van der Waals surface area contributed by atoms with Gasteiger partial charge in [-0.3, -0.25) is 9.59 Å². The predicted octanol–water partition coefficient (Wildman–Crippen LogP) is 4.11. The topological polar surface area (TPSA) is 52.6 Å². The average molecular weight is 324 g/mol. The molecule has 4 nitrogen and oxygen atoms in total. The van der Waals surface area contributed by atoms with Crippen molar-refractivity contribution in [2.45, 2.75) is 85.4 Å². The van der Waals surface area contributed by atoms with E-state index in [9.17, 15) is 9.59 Å². The number of carbonyl (C=O) groups is 2. The van der Waals surface area contributed by atoms with Crippen LogP contribution in [0.4, 0.5) is 0 Å². The van der Waals surface area contributed by atoms with Gasteiger partial charge in [0.15, 0.2) is 0 Å². The van der Waals surface area contributed by atoms with E-state index in [1.165, 1.54) is 0 Å². The van der Waals surface area contributed by atoms with Gasteiger partial charge in [0.05, 0.1) is 11.3 Å². The Bertz CT molecular complexity index is 447. The van der Waals surface area contributed by atoms with Crippen LogP contribution in [0.1, 0.15) is 73.1 Å². The average Bonchev–Trinajstić information content (AvgIpc) is 3.04. The second-order valence-electron chi connectivity index (χ2n) is 7.58. The molecule has 0 radical (unpaired) electrons. The van der Waals surface area contributed by atoms with Crippen LogP contribution >= 0.6 is 0 Å². The van der Waals surface area contributed by atoms with Gasteiger partial charge in [-0.05, 0) is 38.5 Å². The molecule has 1 heterocycles. The van der Waals surface area contributed by atoms with Gasteiger partial charge >= 0.3 is 11.9 Å². The summed E-state index contributed by atoms with van der Waals surface area (Å²) >= 11 is 0. The highest BCUT2D eigenvalue weighted by molar-refractivity contribution is 5.78.